The van der Waals surface area contributed by atoms with Crippen LogP contribution in [-0.4, -0.2) is 55.6 Å². The number of ether oxygens (including phenoxy) is 3. The third-order valence-electron chi connectivity index (χ3n) is 4.85. The number of esters is 1. The van der Waals surface area contributed by atoms with Crippen LogP contribution >= 0.6 is 0 Å². The zero-order valence-electron chi connectivity index (χ0n) is 18.3. The van der Waals surface area contributed by atoms with Gasteiger partial charge in [-0.05, 0) is 31.2 Å². The second-order valence-electron chi connectivity index (χ2n) is 7.13. The molecule has 0 aliphatic carbocycles. The summed E-state index contributed by atoms with van der Waals surface area (Å²) in [6.07, 6.45) is -0.139. The number of methoxy groups -OCH3 is 1. The summed E-state index contributed by atoms with van der Waals surface area (Å²) in [4.78, 5) is 49.3. The quantitative estimate of drug-likeness (QED) is 0.553. The van der Waals surface area contributed by atoms with Crippen molar-refractivity contribution in [3.63, 3.8) is 0 Å². The molecule has 174 valence electrons. The van der Waals surface area contributed by atoms with Crippen molar-refractivity contribution in [2.24, 2.45) is 5.92 Å². The Morgan fingerprint density at radius 3 is 2.48 bits per heavy atom. The number of para-hydroxylation sites is 3. The van der Waals surface area contributed by atoms with Gasteiger partial charge in [-0.15, -0.1) is 0 Å². The molecule has 1 fully saturated rings. The van der Waals surface area contributed by atoms with Gasteiger partial charge in [-0.1, -0.05) is 24.3 Å². The van der Waals surface area contributed by atoms with E-state index in [1.54, 1.807) is 48.5 Å². The first-order valence-corrected chi connectivity index (χ1v) is 10.4. The van der Waals surface area contributed by atoms with Gasteiger partial charge in [-0.2, -0.15) is 0 Å². The third kappa shape index (κ3) is 6.00. The summed E-state index contributed by atoms with van der Waals surface area (Å²) in [6, 6.07) is 13.5. The summed E-state index contributed by atoms with van der Waals surface area (Å²) in [5.74, 6) is -2.17. The summed E-state index contributed by atoms with van der Waals surface area (Å²) >= 11 is 0. The lowest BCUT2D eigenvalue weighted by molar-refractivity contribution is -0.151. The minimum Gasteiger partial charge on any atom is -0.496 e. The molecule has 10 nitrogen and oxygen atoms in total. The van der Waals surface area contributed by atoms with Gasteiger partial charge in [0.1, 0.15) is 11.5 Å². The fourth-order valence-corrected chi connectivity index (χ4v) is 3.28. The average Bonchev–Trinajstić information content (AvgIpc) is 3.19. The van der Waals surface area contributed by atoms with Crippen molar-refractivity contribution < 1.29 is 33.4 Å². The molecule has 1 saturated heterocycles. The van der Waals surface area contributed by atoms with Gasteiger partial charge in [0.15, 0.2) is 6.61 Å². The average molecular weight is 455 g/mol. The molecule has 1 aliphatic rings. The Bertz CT molecular complexity index is 1040. The zero-order valence-corrected chi connectivity index (χ0v) is 18.3. The van der Waals surface area contributed by atoms with Crippen molar-refractivity contribution in [2.75, 3.05) is 32.2 Å². The molecular formula is C23H25N3O7. The molecule has 10 heteroatoms. The smallest absolute Gasteiger partial charge is 0.311 e. The van der Waals surface area contributed by atoms with E-state index in [2.05, 4.69) is 10.7 Å². The Kier molecular flexibility index (Phi) is 7.85. The molecule has 3 rings (SSSR count). The molecule has 1 atom stereocenters. The van der Waals surface area contributed by atoms with Crippen molar-refractivity contribution in [1.29, 1.82) is 0 Å². The summed E-state index contributed by atoms with van der Waals surface area (Å²) < 4.78 is 15.7. The molecule has 33 heavy (non-hydrogen) atoms. The van der Waals surface area contributed by atoms with Crippen molar-refractivity contribution in [3.8, 4) is 11.5 Å². The van der Waals surface area contributed by atoms with Crippen LogP contribution in [-0.2, 0) is 19.1 Å². The molecule has 0 saturated carbocycles. The number of carbonyl (C=O) groups is 4. The highest BCUT2D eigenvalue weighted by Gasteiger charge is 2.37. The topological polar surface area (TPSA) is 123 Å². The Labute approximate surface area is 190 Å². The number of nitrogens with one attached hydrogen (secondary N) is 2. The summed E-state index contributed by atoms with van der Waals surface area (Å²) in [6.45, 7) is 1.68. The van der Waals surface area contributed by atoms with Crippen molar-refractivity contribution in [1.82, 2.24) is 10.4 Å². The Balaban J connectivity index is 1.51. The number of amides is 3. The molecule has 2 N–H and O–H groups in total. The van der Waals surface area contributed by atoms with Gasteiger partial charge in [0, 0.05) is 6.42 Å². The molecule has 0 radical (unpaired) electrons. The minimum absolute atomic E-state index is 0.0622. The van der Waals surface area contributed by atoms with E-state index in [0.29, 0.717) is 23.8 Å². The number of rotatable bonds is 9. The Morgan fingerprint density at radius 2 is 1.76 bits per heavy atom. The van der Waals surface area contributed by atoms with Gasteiger partial charge in [0.25, 0.3) is 11.8 Å². The highest BCUT2D eigenvalue weighted by Crippen LogP contribution is 2.24. The maximum Gasteiger partial charge on any atom is 0.311 e. The van der Waals surface area contributed by atoms with E-state index < -0.39 is 36.2 Å². The molecular weight excluding hydrogens is 430 g/mol. The van der Waals surface area contributed by atoms with Crippen LogP contribution in [0.2, 0.25) is 0 Å². The lowest BCUT2D eigenvalue weighted by Gasteiger charge is -2.18. The van der Waals surface area contributed by atoms with E-state index >= 15 is 0 Å². The third-order valence-corrected chi connectivity index (χ3v) is 4.85. The number of nitrogens with zero attached hydrogens (tertiary/aromatic N) is 1. The largest absolute Gasteiger partial charge is 0.496 e. The standard InChI is InChI=1S/C23H25N3O7/c1-3-32-19-11-7-5-9-17(19)24-20(27)14-33-23(30)15-12-21(28)26(13-15)25-22(29)16-8-4-6-10-18(16)31-2/h4-11,15H,3,12-14H2,1-2H3,(H,24,27)(H,25,29)/t15-/m0/s1. The molecule has 2 aromatic rings. The van der Waals surface area contributed by atoms with Crippen molar-refractivity contribution in [2.45, 2.75) is 13.3 Å². The number of hydrogen-bond acceptors (Lipinski definition) is 7. The van der Waals surface area contributed by atoms with E-state index in [1.165, 1.54) is 7.11 Å². The van der Waals surface area contributed by atoms with Crippen molar-refractivity contribution >= 4 is 29.4 Å². The molecule has 0 aromatic heterocycles. The first kappa shape index (κ1) is 23.6. The maximum absolute atomic E-state index is 12.5. The number of benzene rings is 2. The monoisotopic (exact) mass is 455 g/mol. The van der Waals surface area contributed by atoms with E-state index in [9.17, 15) is 19.2 Å². The van der Waals surface area contributed by atoms with Crippen LogP contribution in [0.25, 0.3) is 0 Å². The highest BCUT2D eigenvalue weighted by atomic mass is 16.5. The van der Waals surface area contributed by atoms with Crippen molar-refractivity contribution in [3.05, 3.63) is 54.1 Å². The van der Waals surface area contributed by atoms with Gasteiger partial charge in [-0.3, -0.25) is 29.6 Å². The predicted octanol–water partition coefficient (Wildman–Crippen LogP) is 1.77. The summed E-state index contributed by atoms with van der Waals surface area (Å²) in [5.41, 5.74) is 3.20. The van der Waals surface area contributed by atoms with Crippen LogP contribution in [0.5, 0.6) is 11.5 Å². The number of hydrazine groups is 1. The van der Waals surface area contributed by atoms with Crippen LogP contribution in [0.3, 0.4) is 0 Å². The lowest BCUT2D eigenvalue weighted by Crippen LogP contribution is -2.43. The highest BCUT2D eigenvalue weighted by molar-refractivity contribution is 5.99. The number of anilines is 1. The van der Waals surface area contributed by atoms with Gasteiger partial charge in [0.05, 0.1) is 37.4 Å². The number of hydrogen-bond donors (Lipinski definition) is 2. The fourth-order valence-electron chi connectivity index (χ4n) is 3.28. The van der Waals surface area contributed by atoms with E-state index in [-0.39, 0.29) is 18.5 Å². The summed E-state index contributed by atoms with van der Waals surface area (Å²) in [7, 11) is 1.44. The molecule has 0 unspecified atom stereocenters. The maximum atomic E-state index is 12.5. The van der Waals surface area contributed by atoms with Crippen LogP contribution < -0.4 is 20.2 Å². The Morgan fingerprint density at radius 1 is 1.06 bits per heavy atom. The first-order valence-electron chi connectivity index (χ1n) is 10.4. The predicted molar refractivity (Wildman–Crippen MR) is 117 cm³/mol. The lowest BCUT2D eigenvalue weighted by atomic mass is 10.1. The van der Waals surface area contributed by atoms with E-state index in [0.717, 1.165) is 5.01 Å². The Hall–Kier alpha value is -4.08. The molecule has 0 bridgehead atoms. The van der Waals surface area contributed by atoms with Crippen LogP contribution in [0.4, 0.5) is 5.69 Å². The van der Waals surface area contributed by atoms with E-state index in [4.69, 9.17) is 14.2 Å². The second kappa shape index (κ2) is 11.0. The normalized spacial score (nSPS) is 15.0. The van der Waals surface area contributed by atoms with Crippen LogP contribution in [0.15, 0.2) is 48.5 Å². The van der Waals surface area contributed by atoms with Gasteiger partial charge in [-0.25, -0.2) is 0 Å². The second-order valence-corrected chi connectivity index (χ2v) is 7.13. The first-order chi connectivity index (χ1) is 15.9. The minimum atomic E-state index is -0.807. The van der Waals surface area contributed by atoms with Gasteiger partial charge >= 0.3 is 5.97 Å². The molecule has 2 aromatic carbocycles. The summed E-state index contributed by atoms with van der Waals surface area (Å²) in [5, 5.41) is 3.70. The number of carbonyl (C=O) groups excluding carboxylic acids is 4. The molecule has 3 amide bonds. The van der Waals surface area contributed by atoms with Gasteiger partial charge < -0.3 is 19.5 Å². The molecule has 1 aliphatic heterocycles. The SMILES string of the molecule is CCOc1ccccc1NC(=O)COC(=O)[C@H]1CC(=O)N(NC(=O)c2ccccc2OC)C1. The van der Waals surface area contributed by atoms with E-state index in [1.807, 2.05) is 6.92 Å². The van der Waals surface area contributed by atoms with Gasteiger partial charge in [0.2, 0.25) is 5.91 Å². The molecule has 0 spiro atoms. The fraction of sp³-hybridized carbons (Fsp3) is 0.304. The zero-order chi connectivity index (χ0) is 23.8. The molecule has 1 heterocycles. The van der Waals surface area contributed by atoms with Crippen LogP contribution in [0.1, 0.15) is 23.7 Å². The van der Waals surface area contributed by atoms with Crippen LogP contribution in [0, 0.1) is 5.92 Å².